The van der Waals surface area contributed by atoms with Gasteiger partial charge in [-0.25, -0.2) is 4.79 Å². The van der Waals surface area contributed by atoms with E-state index in [9.17, 15) is 14.4 Å². The molecule has 4 aromatic rings. The van der Waals surface area contributed by atoms with Gasteiger partial charge in [0.2, 0.25) is 11.8 Å². The fraction of sp³-hybridized carbons (Fsp3) is 0.185. The van der Waals surface area contributed by atoms with Crippen LogP contribution in [-0.4, -0.2) is 74.4 Å². The number of ether oxygens (including phenoxy) is 1. The molecule has 2 heterocycles. The molecule has 2 aromatic carbocycles. The normalized spacial score (nSPS) is 11.6. The van der Waals surface area contributed by atoms with Gasteiger partial charge in [0.15, 0.2) is 5.15 Å². The summed E-state index contributed by atoms with van der Waals surface area (Å²) in [7, 11) is 4.50. The number of nitrogens with zero attached hydrogens (tertiary/aromatic N) is 7. The molecular weight excluding hydrogens is 585 g/mol. The largest absolute Gasteiger partial charge is 0.453 e. The van der Waals surface area contributed by atoms with Gasteiger partial charge in [-0.05, 0) is 52.9 Å². The van der Waals surface area contributed by atoms with Crippen molar-refractivity contribution in [2.75, 3.05) is 26.5 Å². The molecule has 0 aliphatic rings. The summed E-state index contributed by atoms with van der Waals surface area (Å²) in [5.74, 6) is -0.741. The minimum atomic E-state index is -0.836. The van der Waals surface area contributed by atoms with Crippen molar-refractivity contribution in [1.82, 2.24) is 40.6 Å². The first kappa shape index (κ1) is 30.1. The third-order valence-corrected chi connectivity index (χ3v) is 6.49. The number of halogens is 2. The van der Waals surface area contributed by atoms with Crippen LogP contribution in [0, 0.1) is 0 Å². The Morgan fingerprint density at radius 1 is 1.07 bits per heavy atom. The van der Waals surface area contributed by atoms with Crippen LogP contribution in [0.4, 0.5) is 10.5 Å². The van der Waals surface area contributed by atoms with E-state index in [0.29, 0.717) is 38.8 Å². The number of hydrogen-bond acceptors (Lipinski definition) is 9. The second-order valence-corrected chi connectivity index (χ2v) is 9.81. The maximum absolute atomic E-state index is 13.1. The quantitative estimate of drug-likeness (QED) is 0.268. The zero-order valence-corrected chi connectivity index (χ0v) is 24.2. The number of tetrazole rings is 1. The van der Waals surface area contributed by atoms with Crippen molar-refractivity contribution < 1.29 is 19.1 Å². The molecule has 1 unspecified atom stereocenters. The Hall–Kier alpha value is -4.88. The predicted molar refractivity (Wildman–Crippen MR) is 156 cm³/mol. The van der Waals surface area contributed by atoms with Crippen molar-refractivity contribution in [1.29, 1.82) is 0 Å². The van der Waals surface area contributed by atoms with E-state index >= 15 is 0 Å². The van der Waals surface area contributed by atoms with Gasteiger partial charge < -0.3 is 15.0 Å². The van der Waals surface area contributed by atoms with Crippen LogP contribution in [0.2, 0.25) is 10.2 Å². The minimum absolute atomic E-state index is 0.0272. The van der Waals surface area contributed by atoms with Gasteiger partial charge in [0.25, 0.3) is 0 Å². The maximum Gasteiger partial charge on any atom is 0.411 e. The van der Waals surface area contributed by atoms with Crippen LogP contribution < -0.4 is 10.6 Å². The maximum atomic E-state index is 13.1. The number of amides is 3. The number of rotatable bonds is 9. The first-order valence-electron chi connectivity index (χ1n) is 12.3. The molecule has 0 aliphatic heterocycles. The second kappa shape index (κ2) is 13.7. The average Bonchev–Trinajstić information content (AvgIpc) is 3.51. The molecule has 3 amide bonds. The Kier molecular flexibility index (Phi) is 9.78. The van der Waals surface area contributed by atoms with E-state index in [-0.39, 0.29) is 17.5 Å². The molecule has 13 nitrogen and oxygen atoms in total. The molecule has 0 fully saturated rings. The monoisotopic (exact) mass is 609 g/mol. The lowest BCUT2D eigenvalue weighted by molar-refractivity contribution is -0.129. The molecule has 1 atom stereocenters. The highest BCUT2D eigenvalue weighted by molar-refractivity contribution is 6.31. The highest BCUT2D eigenvalue weighted by Crippen LogP contribution is 2.29. The number of benzene rings is 2. The van der Waals surface area contributed by atoms with Crippen molar-refractivity contribution in [3.05, 3.63) is 82.2 Å². The predicted octanol–water partition coefficient (Wildman–Crippen LogP) is 3.95. The Labute approximate surface area is 250 Å². The van der Waals surface area contributed by atoms with Crippen LogP contribution in [0.25, 0.3) is 23.0 Å². The minimum Gasteiger partial charge on any atom is -0.453 e. The summed E-state index contributed by atoms with van der Waals surface area (Å²) in [5.41, 5.74) is 3.21. The summed E-state index contributed by atoms with van der Waals surface area (Å²) in [4.78, 5) is 38.7. The van der Waals surface area contributed by atoms with E-state index < -0.39 is 18.0 Å². The molecular formula is C27H25Cl2N9O4. The van der Waals surface area contributed by atoms with Crippen molar-refractivity contribution in [2.24, 2.45) is 0 Å². The molecule has 0 aliphatic carbocycles. The number of anilines is 1. The number of aromatic nitrogens is 6. The zero-order valence-electron chi connectivity index (χ0n) is 22.7. The van der Waals surface area contributed by atoms with Gasteiger partial charge in [-0.15, -0.1) is 15.3 Å². The zero-order chi connectivity index (χ0) is 30.2. The molecule has 2 aromatic heterocycles. The molecule has 4 rings (SSSR count). The molecule has 2 N–H and O–H groups in total. The highest BCUT2D eigenvalue weighted by atomic mass is 35.5. The molecule has 0 spiro atoms. The SMILES string of the molecule is COC(=O)Nc1ccc(-c2cc(C(CC(=O)N(C)C)NC(=O)/C=C/c3cc(Cl)ccc3-n3cnnn3)c(Cl)nn2)cc1. The van der Waals surface area contributed by atoms with E-state index in [4.69, 9.17) is 23.2 Å². The second-order valence-electron chi connectivity index (χ2n) is 9.01. The van der Waals surface area contributed by atoms with Gasteiger partial charge >= 0.3 is 6.09 Å². The van der Waals surface area contributed by atoms with Crippen LogP contribution in [0.1, 0.15) is 23.6 Å². The van der Waals surface area contributed by atoms with E-state index in [0.717, 1.165) is 0 Å². The van der Waals surface area contributed by atoms with Gasteiger partial charge in [-0.2, -0.15) is 4.68 Å². The highest BCUT2D eigenvalue weighted by Gasteiger charge is 2.23. The Bertz CT molecular complexity index is 1610. The van der Waals surface area contributed by atoms with Crippen LogP contribution in [0.5, 0.6) is 0 Å². The average molecular weight is 610 g/mol. The fourth-order valence-corrected chi connectivity index (χ4v) is 4.19. The Morgan fingerprint density at radius 3 is 2.50 bits per heavy atom. The van der Waals surface area contributed by atoms with Crippen molar-refractivity contribution in [3.63, 3.8) is 0 Å². The van der Waals surface area contributed by atoms with Gasteiger partial charge in [0, 0.05) is 47.6 Å². The topological polar surface area (TPSA) is 157 Å². The number of carbonyl (C=O) groups excluding carboxylic acids is 3. The van der Waals surface area contributed by atoms with Crippen LogP contribution in [-0.2, 0) is 14.3 Å². The summed E-state index contributed by atoms with van der Waals surface area (Å²) >= 11 is 12.6. The standard InChI is InChI=1S/C27H25Cl2N9O4/c1-37(2)25(40)14-22(32-24(39)11-6-17-12-18(28)7-10-23(17)38-15-30-35-36-38)20-13-21(33-34-26(20)29)16-4-8-19(9-5-16)31-27(41)42-3/h4-13,15,22H,14H2,1-3H3,(H,31,41)(H,32,39)/b11-6+. The molecule has 0 bridgehead atoms. The molecule has 216 valence electrons. The van der Waals surface area contributed by atoms with Crippen LogP contribution in [0.3, 0.4) is 0 Å². The molecule has 0 saturated carbocycles. The number of methoxy groups -OCH3 is 1. The van der Waals surface area contributed by atoms with E-state index in [2.05, 4.69) is 41.1 Å². The van der Waals surface area contributed by atoms with Crippen LogP contribution >= 0.6 is 23.2 Å². The van der Waals surface area contributed by atoms with Gasteiger partial charge in [-0.1, -0.05) is 35.3 Å². The first-order valence-corrected chi connectivity index (χ1v) is 13.1. The Morgan fingerprint density at radius 2 is 1.83 bits per heavy atom. The van der Waals surface area contributed by atoms with Gasteiger partial charge in [0.05, 0.1) is 31.0 Å². The summed E-state index contributed by atoms with van der Waals surface area (Å²) in [5, 5.41) is 25.3. The van der Waals surface area contributed by atoms with Gasteiger partial charge in [0.1, 0.15) is 6.33 Å². The van der Waals surface area contributed by atoms with Crippen molar-refractivity contribution >= 4 is 52.9 Å². The van der Waals surface area contributed by atoms with E-state index in [1.54, 1.807) is 68.7 Å². The van der Waals surface area contributed by atoms with Crippen LogP contribution in [0.15, 0.2) is 60.9 Å². The lowest BCUT2D eigenvalue weighted by Crippen LogP contribution is -2.33. The molecule has 15 heteroatoms. The third kappa shape index (κ3) is 7.65. The third-order valence-electron chi connectivity index (χ3n) is 5.96. The first-order chi connectivity index (χ1) is 20.1. The lowest BCUT2D eigenvalue weighted by atomic mass is 10.0. The van der Waals surface area contributed by atoms with E-state index in [1.807, 2.05) is 0 Å². The molecule has 0 radical (unpaired) electrons. The van der Waals surface area contributed by atoms with Crippen molar-refractivity contribution in [3.8, 4) is 16.9 Å². The van der Waals surface area contributed by atoms with Crippen molar-refractivity contribution in [2.45, 2.75) is 12.5 Å². The lowest BCUT2D eigenvalue weighted by Gasteiger charge is -2.21. The van der Waals surface area contributed by atoms with E-state index in [1.165, 1.54) is 29.1 Å². The summed E-state index contributed by atoms with van der Waals surface area (Å²) in [6.45, 7) is 0. The summed E-state index contributed by atoms with van der Waals surface area (Å²) < 4.78 is 6.04. The summed E-state index contributed by atoms with van der Waals surface area (Å²) in [6.07, 6.45) is 3.60. The number of hydrogen-bond donors (Lipinski definition) is 2. The smallest absolute Gasteiger partial charge is 0.411 e. The number of carbonyl (C=O) groups is 3. The van der Waals surface area contributed by atoms with Gasteiger partial charge in [-0.3, -0.25) is 14.9 Å². The molecule has 0 saturated heterocycles. The fourth-order valence-electron chi connectivity index (χ4n) is 3.79. The molecule has 42 heavy (non-hydrogen) atoms. The Balaban J connectivity index is 1.61. The summed E-state index contributed by atoms with van der Waals surface area (Å²) in [6, 6.07) is 12.7. The number of nitrogens with one attached hydrogen (secondary N) is 2.